The van der Waals surface area contributed by atoms with Gasteiger partial charge in [-0.05, 0) is 29.8 Å². The van der Waals surface area contributed by atoms with Crippen LogP contribution < -0.4 is 0 Å². The van der Waals surface area contributed by atoms with Crippen molar-refractivity contribution in [1.82, 2.24) is 9.97 Å². The molecule has 5 rings (SSSR count). The van der Waals surface area contributed by atoms with Crippen LogP contribution in [0.3, 0.4) is 0 Å². The zero-order valence-corrected chi connectivity index (χ0v) is 18.6. The second-order valence-corrected chi connectivity index (χ2v) is 9.70. The Morgan fingerprint density at radius 3 is 2.33 bits per heavy atom. The number of para-hydroxylation sites is 1. The zero-order chi connectivity index (χ0) is 23.0. The number of fused-ring (bicyclic) bond motifs is 3. The van der Waals surface area contributed by atoms with Crippen LogP contribution in [0.25, 0.3) is 33.1 Å². The molecule has 0 saturated heterocycles. The molecule has 0 aliphatic rings. The average molecular weight is 457 g/mol. The van der Waals surface area contributed by atoms with Gasteiger partial charge < -0.3 is 9.72 Å². The van der Waals surface area contributed by atoms with Gasteiger partial charge in [-0.2, -0.15) is 0 Å². The number of pyridine rings is 1. The van der Waals surface area contributed by atoms with Gasteiger partial charge in [-0.25, -0.2) is 18.2 Å². The Morgan fingerprint density at radius 2 is 1.61 bits per heavy atom. The molecule has 164 valence electrons. The molecule has 0 unspecified atom stereocenters. The van der Waals surface area contributed by atoms with Crippen LogP contribution in [-0.2, 0) is 20.3 Å². The first kappa shape index (κ1) is 20.9. The monoisotopic (exact) mass is 456 g/mol. The first-order valence-corrected chi connectivity index (χ1v) is 12.0. The lowest BCUT2D eigenvalue weighted by Crippen LogP contribution is -2.06. The molecule has 0 bridgehead atoms. The highest BCUT2D eigenvalue weighted by atomic mass is 32.2. The molecule has 0 fully saturated rings. The molecule has 0 saturated carbocycles. The minimum absolute atomic E-state index is 0.0739. The second kappa shape index (κ2) is 8.18. The Hall–Kier alpha value is -3.97. The van der Waals surface area contributed by atoms with E-state index in [0.717, 1.165) is 27.4 Å². The number of nitrogens with zero attached hydrogens (tertiary/aromatic N) is 1. The maximum absolute atomic E-state index is 12.9. The molecule has 0 spiro atoms. The van der Waals surface area contributed by atoms with Gasteiger partial charge in [0, 0.05) is 21.9 Å². The van der Waals surface area contributed by atoms with Gasteiger partial charge in [-0.3, -0.25) is 0 Å². The predicted octanol–water partition coefficient (Wildman–Crippen LogP) is 5.14. The van der Waals surface area contributed by atoms with Crippen molar-refractivity contribution in [2.75, 3.05) is 7.11 Å². The summed E-state index contributed by atoms with van der Waals surface area (Å²) >= 11 is 0. The van der Waals surface area contributed by atoms with Crippen molar-refractivity contribution in [1.29, 1.82) is 0 Å². The maximum atomic E-state index is 12.9. The summed E-state index contributed by atoms with van der Waals surface area (Å²) in [5, 5.41) is 1.81. The van der Waals surface area contributed by atoms with E-state index < -0.39 is 15.8 Å². The molecule has 33 heavy (non-hydrogen) atoms. The molecule has 0 aliphatic heterocycles. The third-order valence-electron chi connectivity index (χ3n) is 5.58. The molecule has 0 aliphatic carbocycles. The van der Waals surface area contributed by atoms with Crippen molar-refractivity contribution in [3.05, 3.63) is 96.2 Å². The van der Waals surface area contributed by atoms with Crippen LogP contribution in [0.4, 0.5) is 0 Å². The van der Waals surface area contributed by atoms with Crippen molar-refractivity contribution >= 4 is 37.6 Å². The van der Waals surface area contributed by atoms with Crippen LogP contribution in [0.1, 0.15) is 16.1 Å². The number of sulfone groups is 1. The fourth-order valence-corrected chi connectivity index (χ4v) is 5.31. The number of esters is 1. The van der Waals surface area contributed by atoms with Crippen molar-refractivity contribution in [3.63, 3.8) is 0 Å². The zero-order valence-electron chi connectivity index (χ0n) is 17.8. The molecule has 1 N–H and O–H groups in total. The lowest BCUT2D eigenvalue weighted by molar-refractivity contribution is 0.0594. The van der Waals surface area contributed by atoms with E-state index in [1.165, 1.54) is 7.11 Å². The molecule has 2 heterocycles. The summed E-state index contributed by atoms with van der Waals surface area (Å²) in [6.45, 7) is 0. The van der Waals surface area contributed by atoms with Crippen LogP contribution in [0, 0.1) is 0 Å². The molecular weight excluding hydrogens is 436 g/mol. The number of hydrogen-bond acceptors (Lipinski definition) is 5. The van der Waals surface area contributed by atoms with E-state index in [1.54, 1.807) is 42.5 Å². The summed E-state index contributed by atoms with van der Waals surface area (Å²) in [5.74, 6) is -0.610. The molecule has 0 amide bonds. The lowest BCUT2D eigenvalue weighted by atomic mass is 10.1. The molecule has 7 heteroatoms. The molecule has 3 aromatic carbocycles. The molecule has 2 aromatic heterocycles. The van der Waals surface area contributed by atoms with Gasteiger partial charge in [0.05, 0.1) is 29.0 Å². The number of methoxy groups -OCH3 is 1. The highest BCUT2D eigenvalue weighted by molar-refractivity contribution is 7.90. The minimum Gasteiger partial charge on any atom is -0.464 e. The molecule has 5 aromatic rings. The smallest absolute Gasteiger partial charge is 0.356 e. The minimum atomic E-state index is -3.50. The number of aromatic nitrogens is 2. The van der Waals surface area contributed by atoms with Gasteiger partial charge in [0.15, 0.2) is 9.84 Å². The van der Waals surface area contributed by atoms with Gasteiger partial charge in [0.1, 0.15) is 5.69 Å². The number of carbonyl (C=O) groups is 1. The standard InChI is InChI=1S/C26H20N2O4S/c1-32-26(29)23-15-21-20-9-5-6-10-22(20)27-25(21)24(28-23)18-11-13-19(14-12-18)33(30,31)16-17-7-3-2-4-8-17/h2-15,27H,16H2,1H3. The number of hydrogen-bond donors (Lipinski definition) is 1. The van der Waals surface area contributed by atoms with E-state index >= 15 is 0 Å². The van der Waals surface area contributed by atoms with Gasteiger partial charge in [-0.15, -0.1) is 0 Å². The van der Waals surface area contributed by atoms with Crippen molar-refractivity contribution in [2.45, 2.75) is 10.6 Å². The highest BCUT2D eigenvalue weighted by Crippen LogP contribution is 2.33. The summed E-state index contributed by atoms with van der Waals surface area (Å²) < 4.78 is 30.7. The average Bonchev–Trinajstić information content (AvgIpc) is 3.22. The number of carbonyl (C=O) groups excluding carboxylic acids is 1. The summed E-state index contributed by atoms with van der Waals surface area (Å²) in [6, 6.07) is 25.2. The molecule has 0 atom stereocenters. The topological polar surface area (TPSA) is 89.1 Å². The fraction of sp³-hybridized carbons (Fsp3) is 0.0769. The van der Waals surface area contributed by atoms with Crippen molar-refractivity contribution in [2.24, 2.45) is 0 Å². The number of H-pyrrole nitrogens is 1. The van der Waals surface area contributed by atoms with Gasteiger partial charge in [0.2, 0.25) is 0 Å². The Bertz CT molecular complexity index is 1590. The van der Waals surface area contributed by atoms with E-state index in [9.17, 15) is 13.2 Å². The van der Waals surface area contributed by atoms with E-state index in [1.807, 2.05) is 42.5 Å². The number of ether oxygens (including phenoxy) is 1. The summed E-state index contributed by atoms with van der Waals surface area (Å²) in [7, 11) is -2.19. The van der Waals surface area contributed by atoms with Crippen LogP contribution in [0.5, 0.6) is 0 Å². The predicted molar refractivity (Wildman–Crippen MR) is 128 cm³/mol. The fourth-order valence-electron chi connectivity index (χ4n) is 3.96. The Morgan fingerprint density at radius 1 is 0.909 bits per heavy atom. The van der Waals surface area contributed by atoms with Crippen molar-refractivity contribution in [3.8, 4) is 11.3 Å². The molecule has 0 radical (unpaired) electrons. The maximum Gasteiger partial charge on any atom is 0.356 e. The largest absolute Gasteiger partial charge is 0.464 e. The third kappa shape index (κ3) is 3.87. The van der Waals surface area contributed by atoms with Crippen LogP contribution in [-0.4, -0.2) is 31.5 Å². The third-order valence-corrected chi connectivity index (χ3v) is 7.28. The molecule has 6 nitrogen and oxygen atoms in total. The Labute approximate surface area is 190 Å². The van der Waals surface area contributed by atoms with Gasteiger partial charge in [0.25, 0.3) is 0 Å². The first-order valence-electron chi connectivity index (χ1n) is 10.3. The molecular formula is C26H20N2O4S. The van der Waals surface area contributed by atoms with Crippen molar-refractivity contribution < 1.29 is 17.9 Å². The van der Waals surface area contributed by atoms with E-state index in [0.29, 0.717) is 11.3 Å². The number of aromatic amines is 1. The van der Waals surface area contributed by atoms with Gasteiger partial charge >= 0.3 is 5.97 Å². The Kier molecular flexibility index (Phi) is 5.18. The van der Waals surface area contributed by atoms with Crippen LogP contribution >= 0.6 is 0 Å². The van der Waals surface area contributed by atoms with E-state index in [4.69, 9.17) is 4.74 Å². The highest BCUT2D eigenvalue weighted by Gasteiger charge is 2.19. The number of rotatable bonds is 5. The summed E-state index contributed by atoms with van der Waals surface area (Å²) in [6.07, 6.45) is 0. The quantitative estimate of drug-likeness (QED) is 0.370. The number of nitrogens with one attached hydrogen (secondary N) is 1. The lowest BCUT2D eigenvalue weighted by Gasteiger charge is -2.09. The Balaban J connectivity index is 1.61. The first-order chi connectivity index (χ1) is 16.0. The van der Waals surface area contributed by atoms with Crippen LogP contribution in [0.15, 0.2) is 89.8 Å². The summed E-state index contributed by atoms with van der Waals surface area (Å²) in [4.78, 5) is 20.4. The van der Waals surface area contributed by atoms with Gasteiger partial charge in [-0.1, -0.05) is 60.7 Å². The SMILES string of the molecule is COC(=O)c1cc2c([nH]c3ccccc32)c(-c2ccc(S(=O)(=O)Cc3ccccc3)cc2)n1. The van der Waals surface area contributed by atoms with E-state index in [2.05, 4.69) is 9.97 Å². The van der Waals surface area contributed by atoms with Crippen LogP contribution in [0.2, 0.25) is 0 Å². The van der Waals surface area contributed by atoms with E-state index in [-0.39, 0.29) is 16.3 Å². The summed E-state index contributed by atoms with van der Waals surface area (Å²) in [5.41, 5.74) is 3.84. The normalized spacial score (nSPS) is 11.7. The second-order valence-electron chi connectivity index (χ2n) is 7.71. The number of benzene rings is 3.